The maximum absolute atomic E-state index is 12.5. The smallest absolute Gasteiger partial charge is 0.410 e. The zero-order chi connectivity index (χ0) is 19.1. The highest BCUT2D eigenvalue weighted by atomic mass is 16.6. The van der Waals surface area contributed by atoms with Crippen LogP contribution in [0.1, 0.15) is 73.6 Å². The standard InChI is InChI=1S/C20H37NO4/c1-15-10-18(5,6)12-20(24,11-15)19(14-22)8-7-9-21(13-19)16(23)25-17(2,3)4/h15,22,24H,7-14H2,1-6H3. The number of carbonyl (C=O) groups is 1. The second-order valence-corrected chi connectivity index (χ2v) is 10.3. The molecule has 1 heterocycles. The third kappa shape index (κ3) is 4.48. The lowest BCUT2D eigenvalue weighted by molar-refractivity contribution is -0.181. The summed E-state index contributed by atoms with van der Waals surface area (Å²) in [7, 11) is 0. The van der Waals surface area contributed by atoms with Crippen LogP contribution in [-0.2, 0) is 4.74 Å². The van der Waals surface area contributed by atoms with Crippen LogP contribution in [0, 0.1) is 16.7 Å². The molecule has 2 fully saturated rings. The van der Waals surface area contributed by atoms with Gasteiger partial charge in [0.1, 0.15) is 5.60 Å². The lowest BCUT2D eigenvalue weighted by Crippen LogP contribution is -2.63. The molecular formula is C20H37NO4. The number of hydrogen-bond donors (Lipinski definition) is 2. The number of nitrogens with zero attached hydrogens (tertiary/aromatic N) is 1. The summed E-state index contributed by atoms with van der Waals surface area (Å²) in [5.41, 5.74) is -2.14. The van der Waals surface area contributed by atoms with Crippen LogP contribution in [0.2, 0.25) is 0 Å². The van der Waals surface area contributed by atoms with E-state index in [1.807, 2.05) is 20.8 Å². The van der Waals surface area contributed by atoms with E-state index in [9.17, 15) is 15.0 Å². The van der Waals surface area contributed by atoms with E-state index in [4.69, 9.17) is 4.74 Å². The zero-order valence-electron chi connectivity index (χ0n) is 16.9. The third-order valence-electron chi connectivity index (χ3n) is 5.88. The summed E-state index contributed by atoms with van der Waals surface area (Å²) < 4.78 is 5.52. The van der Waals surface area contributed by atoms with Crippen molar-refractivity contribution in [3.05, 3.63) is 0 Å². The van der Waals surface area contributed by atoms with Crippen LogP contribution in [0.15, 0.2) is 0 Å². The molecule has 0 bridgehead atoms. The van der Waals surface area contributed by atoms with E-state index in [1.165, 1.54) is 0 Å². The second kappa shape index (κ2) is 6.73. The Morgan fingerprint density at radius 1 is 1.28 bits per heavy atom. The summed E-state index contributed by atoms with van der Waals surface area (Å²) in [5, 5.41) is 22.0. The summed E-state index contributed by atoms with van der Waals surface area (Å²) in [6, 6.07) is 0. The van der Waals surface area contributed by atoms with E-state index in [0.717, 1.165) is 19.3 Å². The molecule has 5 heteroatoms. The molecule has 0 radical (unpaired) electrons. The van der Waals surface area contributed by atoms with Crippen molar-refractivity contribution in [3.63, 3.8) is 0 Å². The van der Waals surface area contributed by atoms with E-state index >= 15 is 0 Å². The van der Waals surface area contributed by atoms with Gasteiger partial charge in [-0.3, -0.25) is 0 Å². The van der Waals surface area contributed by atoms with Crippen molar-refractivity contribution < 1.29 is 19.7 Å². The highest BCUT2D eigenvalue weighted by molar-refractivity contribution is 5.68. The number of likely N-dealkylation sites (tertiary alicyclic amines) is 1. The SMILES string of the molecule is CC1CC(C)(C)CC(O)(C2(CO)CCCN(C(=O)OC(C)(C)C)C2)C1. The fraction of sp³-hybridized carbons (Fsp3) is 0.950. The maximum Gasteiger partial charge on any atom is 0.410 e. The first-order valence-corrected chi connectivity index (χ1v) is 9.63. The van der Waals surface area contributed by atoms with Crippen molar-refractivity contribution in [2.45, 2.75) is 84.8 Å². The van der Waals surface area contributed by atoms with Crippen molar-refractivity contribution in [2.24, 2.45) is 16.7 Å². The minimum atomic E-state index is -0.955. The fourth-order valence-corrected chi connectivity index (χ4v) is 5.20. The molecule has 2 N–H and O–H groups in total. The number of rotatable bonds is 2. The Morgan fingerprint density at radius 2 is 1.92 bits per heavy atom. The van der Waals surface area contributed by atoms with E-state index in [1.54, 1.807) is 4.90 Å². The lowest BCUT2D eigenvalue weighted by atomic mass is 9.55. The van der Waals surface area contributed by atoms with Gasteiger partial charge in [-0.05, 0) is 64.2 Å². The Balaban J connectivity index is 2.25. The van der Waals surface area contributed by atoms with E-state index < -0.39 is 16.6 Å². The minimum absolute atomic E-state index is 0.0305. The molecule has 2 aliphatic rings. The average molecular weight is 356 g/mol. The number of carbonyl (C=O) groups excluding carboxylic acids is 1. The fourth-order valence-electron chi connectivity index (χ4n) is 5.20. The molecule has 1 aliphatic carbocycles. The summed E-state index contributed by atoms with van der Waals surface area (Å²) in [4.78, 5) is 14.2. The van der Waals surface area contributed by atoms with Crippen molar-refractivity contribution in [1.82, 2.24) is 4.90 Å². The molecule has 0 aromatic rings. The van der Waals surface area contributed by atoms with E-state index in [0.29, 0.717) is 31.8 Å². The molecule has 0 aromatic carbocycles. The number of aliphatic hydroxyl groups is 2. The van der Waals surface area contributed by atoms with Gasteiger partial charge in [-0.1, -0.05) is 20.8 Å². The lowest BCUT2D eigenvalue weighted by Gasteiger charge is -2.56. The molecule has 1 aliphatic heterocycles. The van der Waals surface area contributed by atoms with Gasteiger partial charge >= 0.3 is 6.09 Å². The van der Waals surface area contributed by atoms with Gasteiger partial charge in [0, 0.05) is 18.5 Å². The van der Waals surface area contributed by atoms with Crippen molar-refractivity contribution in [2.75, 3.05) is 19.7 Å². The Kier molecular flexibility index (Phi) is 5.52. The van der Waals surface area contributed by atoms with Crippen molar-refractivity contribution in [1.29, 1.82) is 0 Å². The van der Waals surface area contributed by atoms with Gasteiger partial charge < -0.3 is 19.8 Å². The predicted octanol–water partition coefficient (Wildman–Crippen LogP) is 3.57. The Labute approximate surface area is 152 Å². The highest BCUT2D eigenvalue weighted by Gasteiger charge is 2.56. The summed E-state index contributed by atoms with van der Waals surface area (Å²) in [6.07, 6.45) is 3.58. The van der Waals surface area contributed by atoms with Gasteiger partial charge in [-0.25, -0.2) is 4.79 Å². The van der Waals surface area contributed by atoms with Gasteiger partial charge in [0.05, 0.1) is 12.2 Å². The summed E-state index contributed by atoms with van der Waals surface area (Å²) in [5.74, 6) is 0.397. The first kappa shape index (κ1) is 20.5. The van der Waals surface area contributed by atoms with Gasteiger partial charge in [-0.2, -0.15) is 0 Å². The molecule has 5 nitrogen and oxygen atoms in total. The molecular weight excluding hydrogens is 318 g/mol. The molecule has 3 unspecified atom stereocenters. The molecule has 1 saturated heterocycles. The number of ether oxygens (including phenoxy) is 1. The first-order chi connectivity index (χ1) is 11.3. The quantitative estimate of drug-likeness (QED) is 0.794. The van der Waals surface area contributed by atoms with Gasteiger partial charge in [-0.15, -0.1) is 0 Å². The minimum Gasteiger partial charge on any atom is -0.444 e. The number of piperidine rings is 1. The largest absolute Gasteiger partial charge is 0.444 e. The van der Waals surface area contributed by atoms with Crippen LogP contribution in [0.4, 0.5) is 4.79 Å². The number of hydrogen-bond acceptors (Lipinski definition) is 4. The van der Waals surface area contributed by atoms with Gasteiger partial charge in [0.25, 0.3) is 0 Å². The van der Waals surface area contributed by atoms with Crippen molar-refractivity contribution in [3.8, 4) is 0 Å². The molecule has 1 amide bonds. The zero-order valence-corrected chi connectivity index (χ0v) is 16.9. The van der Waals surface area contributed by atoms with Crippen LogP contribution in [0.5, 0.6) is 0 Å². The Morgan fingerprint density at radius 3 is 2.44 bits per heavy atom. The molecule has 1 saturated carbocycles. The Bertz CT molecular complexity index is 498. The van der Waals surface area contributed by atoms with Crippen LogP contribution in [0.25, 0.3) is 0 Å². The first-order valence-electron chi connectivity index (χ1n) is 9.63. The second-order valence-electron chi connectivity index (χ2n) is 10.3. The number of amides is 1. The van der Waals surface area contributed by atoms with Crippen molar-refractivity contribution >= 4 is 6.09 Å². The predicted molar refractivity (Wildman–Crippen MR) is 98.3 cm³/mol. The van der Waals surface area contributed by atoms with Gasteiger partial charge in [0.15, 0.2) is 0 Å². The molecule has 146 valence electrons. The Hall–Kier alpha value is -0.810. The highest BCUT2D eigenvalue weighted by Crippen LogP contribution is 2.53. The number of aliphatic hydroxyl groups excluding tert-OH is 1. The molecule has 25 heavy (non-hydrogen) atoms. The third-order valence-corrected chi connectivity index (χ3v) is 5.88. The summed E-state index contributed by atoms with van der Waals surface area (Å²) in [6.45, 7) is 13.0. The van der Waals surface area contributed by atoms with Crippen LogP contribution in [0.3, 0.4) is 0 Å². The molecule has 0 spiro atoms. The van der Waals surface area contributed by atoms with Gasteiger partial charge in [0.2, 0.25) is 0 Å². The van der Waals surface area contributed by atoms with Crippen LogP contribution < -0.4 is 0 Å². The topological polar surface area (TPSA) is 70.0 Å². The molecule has 0 aromatic heterocycles. The molecule has 3 atom stereocenters. The van der Waals surface area contributed by atoms with Crippen LogP contribution in [-0.4, -0.2) is 52.1 Å². The average Bonchev–Trinajstić information content (AvgIpc) is 2.42. The monoisotopic (exact) mass is 355 g/mol. The van der Waals surface area contributed by atoms with E-state index in [-0.39, 0.29) is 18.1 Å². The molecule has 2 rings (SSSR count). The van der Waals surface area contributed by atoms with E-state index in [2.05, 4.69) is 20.8 Å². The maximum atomic E-state index is 12.5. The van der Waals surface area contributed by atoms with Crippen LogP contribution >= 0.6 is 0 Å². The normalized spacial score (nSPS) is 36.2. The summed E-state index contributed by atoms with van der Waals surface area (Å²) >= 11 is 0.